The van der Waals surface area contributed by atoms with Crippen LogP contribution in [0.1, 0.15) is 33.1 Å². The number of aromatic nitrogens is 4. The van der Waals surface area contributed by atoms with Crippen molar-refractivity contribution in [2.24, 2.45) is 0 Å². The largest absolute Gasteiger partial charge is 0.397 e. The average molecular weight is 427 g/mol. The van der Waals surface area contributed by atoms with E-state index < -0.39 is 5.82 Å². The molecule has 0 aliphatic carbocycles. The lowest BCUT2D eigenvalue weighted by atomic mass is 10.0. The van der Waals surface area contributed by atoms with Crippen molar-refractivity contribution in [3.8, 4) is 11.4 Å². The zero-order valence-corrected chi connectivity index (χ0v) is 17.7. The number of hydrogen-bond acceptors (Lipinski definition) is 6. The zero-order valence-electron chi connectivity index (χ0n) is 17.7. The highest BCUT2D eigenvalue weighted by atomic mass is 19.1. The fourth-order valence-electron chi connectivity index (χ4n) is 3.85. The zero-order chi connectivity index (χ0) is 22.0. The molecule has 31 heavy (non-hydrogen) atoms. The van der Waals surface area contributed by atoms with E-state index in [1.807, 2.05) is 18.7 Å². The molecular formula is C21H27FN8O. The Kier molecular flexibility index (Phi) is 5.88. The molecule has 4 rings (SSSR count). The second-order valence-electron chi connectivity index (χ2n) is 8.09. The van der Waals surface area contributed by atoms with Gasteiger partial charge in [0.2, 0.25) is 0 Å². The molecule has 3 aromatic heterocycles. The second-order valence-corrected chi connectivity index (χ2v) is 8.09. The van der Waals surface area contributed by atoms with Crippen LogP contribution in [0.3, 0.4) is 0 Å². The highest BCUT2D eigenvalue weighted by Crippen LogP contribution is 2.27. The van der Waals surface area contributed by atoms with Gasteiger partial charge in [-0.05, 0) is 39.2 Å². The molecule has 1 fully saturated rings. The lowest BCUT2D eigenvalue weighted by Gasteiger charge is -2.36. The van der Waals surface area contributed by atoms with Crippen molar-refractivity contribution >= 4 is 28.6 Å². The molecule has 5 N–H and O–H groups in total. The summed E-state index contributed by atoms with van der Waals surface area (Å²) < 4.78 is 14.5. The van der Waals surface area contributed by atoms with E-state index in [0.29, 0.717) is 35.8 Å². The van der Waals surface area contributed by atoms with Crippen LogP contribution in [0.15, 0.2) is 24.7 Å². The average Bonchev–Trinajstić information content (AvgIpc) is 3.16. The number of carbonyl (C=O) groups excluding carboxylic acids is 1. The van der Waals surface area contributed by atoms with Gasteiger partial charge in [0.25, 0.3) is 0 Å². The molecule has 1 saturated heterocycles. The van der Waals surface area contributed by atoms with Crippen molar-refractivity contribution in [3.63, 3.8) is 0 Å². The van der Waals surface area contributed by atoms with E-state index in [9.17, 15) is 9.18 Å². The van der Waals surface area contributed by atoms with Crippen LogP contribution < -0.4 is 16.4 Å². The fraction of sp³-hybridized carbons (Fsp3) is 0.429. The molecule has 10 heteroatoms. The van der Waals surface area contributed by atoms with E-state index in [2.05, 4.69) is 30.6 Å². The minimum Gasteiger partial charge on any atom is -0.397 e. The van der Waals surface area contributed by atoms with Gasteiger partial charge in [-0.2, -0.15) is 0 Å². The summed E-state index contributed by atoms with van der Waals surface area (Å²) in [6.07, 6.45) is 7.28. The molecule has 0 saturated carbocycles. The Morgan fingerprint density at radius 2 is 2.19 bits per heavy atom. The van der Waals surface area contributed by atoms with E-state index >= 15 is 0 Å². The number of nitrogens with one attached hydrogen (secondary N) is 3. The number of nitrogens with two attached hydrogens (primary N) is 1. The number of H-pyrrole nitrogens is 1. The number of rotatable bonds is 5. The van der Waals surface area contributed by atoms with Crippen LogP contribution in [0, 0.1) is 5.82 Å². The quantitative estimate of drug-likeness (QED) is 0.497. The number of amides is 2. The van der Waals surface area contributed by atoms with E-state index in [4.69, 9.17) is 5.73 Å². The minimum atomic E-state index is -0.546. The number of hydrogen-bond donors (Lipinski definition) is 4. The van der Waals surface area contributed by atoms with Crippen molar-refractivity contribution < 1.29 is 9.18 Å². The van der Waals surface area contributed by atoms with Gasteiger partial charge < -0.3 is 26.3 Å². The summed E-state index contributed by atoms with van der Waals surface area (Å²) in [7, 11) is 0. The molecular weight excluding hydrogens is 399 g/mol. The molecule has 1 atom stereocenters. The first-order valence-electron chi connectivity index (χ1n) is 10.5. The number of pyridine rings is 1. The van der Waals surface area contributed by atoms with Crippen molar-refractivity contribution in [2.75, 3.05) is 24.1 Å². The third kappa shape index (κ3) is 4.52. The number of fused-ring (bicyclic) bond motifs is 1. The third-order valence-electron chi connectivity index (χ3n) is 5.34. The summed E-state index contributed by atoms with van der Waals surface area (Å²) in [4.78, 5) is 30.2. The molecule has 4 heterocycles. The topological polar surface area (TPSA) is 125 Å². The van der Waals surface area contributed by atoms with Gasteiger partial charge in [-0.1, -0.05) is 0 Å². The standard InChI is InChI=1S/C21H27FN8O/c1-12(2)28-21(31)30-6-4-3-5-14(30)9-25-20-17(22)11-27-19(29-20)16-10-26-18-15(16)7-13(23)8-24-18/h7-8,10-12,14H,3-6,9,23H2,1-2H3,(H,24,26)(H,28,31)(H,25,27,29)/t14-/m1/s1. The fourth-order valence-corrected chi connectivity index (χ4v) is 3.85. The van der Waals surface area contributed by atoms with E-state index in [-0.39, 0.29) is 23.9 Å². The van der Waals surface area contributed by atoms with E-state index in [0.717, 1.165) is 30.8 Å². The third-order valence-corrected chi connectivity index (χ3v) is 5.34. The number of aromatic amines is 1. The first-order chi connectivity index (χ1) is 14.9. The van der Waals surface area contributed by atoms with Crippen molar-refractivity contribution in [1.29, 1.82) is 0 Å². The first kappa shape index (κ1) is 20.8. The number of nitrogen functional groups attached to an aromatic ring is 1. The second kappa shape index (κ2) is 8.75. The predicted octanol–water partition coefficient (Wildman–Crippen LogP) is 3.13. The van der Waals surface area contributed by atoms with E-state index in [1.165, 1.54) is 0 Å². The molecule has 3 aromatic rings. The van der Waals surface area contributed by atoms with Gasteiger partial charge >= 0.3 is 6.03 Å². The summed E-state index contributed by atoms with van der Waals surface area (Å²) in [6, 6.07) is 1.71. The number of halogens is 1. The predicted molar refractivity (Wildman–Crippen MR) is 118 cm³/mol. The maximum atomic E-state index is 14.5. The van der Waals surface area contributed by atoms with Gasteiger partial charge in [0.05, 0.1) is 24.1 Å². The first-order valence-corrected chi connectivity index (χ1v) is 10.5. The molecule has 1 aliphatic heterocycles. The van der Waals surface area contributed by atoms with Crippen molar-refractivity contribution in [1.82, 2.24) is 30.2 Å². The lowest BCUT2D eigenvalue weighted by molar-refractivity contribution is 0.153. The van der Waals surface area contributed by atoms with Crippen LogP contribution in [0.4, 0.5) is 20.7 Å². The van der Waals surface area contributed by atoms with Gasteiger partial charge in [0.15, 0.2) is 17.5 Å². The number of nitrogens with zero attached hydrogens (tertiary/aromatic N) is 4. The molecule has 0 spiro atoms. The van der Waals surface area contributed by atoms with Crippen LogP contribution >= 0.6 is 0 Å². The minimum absolute atomic E-state index is 0.0394. The van der Waals surface area contributed by atoms with Crippen LogP contribution in [-0.2, 0) is 0 Å². The summed E-state index contributed by atoms with van der Waals surface area (Å²) in [5.74, 6) is -0.0816. The molecule has 0 radical (unpaired) electrons. The SMILES string of the molecule is CC(C)NC(=O)N1CCCC[C@@H]1CNc1nc(-c2c[nH]c3ncc(N)cc23)ncc1F. The molecule has 1 aliphatic rings. The number of carbonyl (C=O) groups is 1. The Balaban J connectivity index is 1.53. The molecule has 0 bridgehead atoms. The summed E-state index contributed by atoms with van der Waals surface area (Å²) in [5, 5.41) is 6.79. The Hall–Kier alpha value is -3.43. The van der Waals surface area contributed by atoms with Gasteiger partial charge in [0, 0.05) is 36.3 Å². The monoisotopic (exact) mass is 426 g/mol. The number of urea groups is 1. The van der Waals surface area contributed by atoms with Crippen LogP contribution in [0.2, 0.25) is 0 Å². The Labute approximate surface area is 179 Å². The van der Waals surface area contributed by atoms with Crippen LogP contribution in [0.5, 0.6) is 0 Å². The van der Waals surface area contributed by atoms with Crippen LogP contribution in [-0.4, -0.2) is 56.0 Å². The molecule has 0 unspecified atom stereocenters. The summed E-state index contributed by atoms with van der Waals surface area (Å²) >= 11 is 0. The van der Waals surface area contributed by atoms with Gasteiger partial charge in [-0.15, -0.1) is 0 Å². The smallest absolute Gasteiger partial charge is 0.317 e. The molecule has 164 valence electrons. The van der Waals surface area contributed by atoms with Crippen molar-refractivity contribution in [3.05, 3.63) is 30.5 Å². The molecule has 2 amide bonds. The highest BCUT2D eigenvalue weighted by molar-refractivity contribution is 5.93. The Bertz CT molecular complexity index is 1080. The van der Waals surface area contributed by atoms with Gasteiger partial charge in [-0.3, -0.25) is 0 Å². The molecule has 0 aromatic carbocycles. The Morgan fingerprint density at radius 1 is 1.35 bits per heavy atom. The number of piperidine rings is 1. The summed E-state index contributed by atoms with van der Waals surface area (Å²) in [6.45, 7) is 4.95. The van der Waals surface area contributed by atoms with Gasteiger partial charge in [-0.25, -0.2) is 24.1 Å². The number of anilines is 2. The van der Waals surface area contributed by atoms with Gasteiger partial charge in [0.1, 0.15) is 5.65 Å². The van der Waals surface area contributed by atoms with E-state index in [1.54, 1.807) is 18.5 Å². The number of likely N-dealkylation sites (tertiary alicyclic amines) is 1. The maximum Gasteiger partial charge on any atom is 0.317 e. The Morgan fingerprint density at radius 3 is 3.00 bits per heavy atom. The highest BCUT2D eigenvalue weighted by Gasteiger charge is 2.27. The maximum absolute atomic E-state index is 14.5. The van der Waals surface area contributed by atoms with Crippen molar-refractivity contribution in [2.45, 2.75) is 45.2 Å². The summed E-state index contributed by atoms with van der Waals surface area (Å²) in [5.41, 5.74) is 7.72. The molecule has 9 nitrogen and oxygen atoms in total. The normalized spacial score (nSPS) is 16.6. The van der Waals surface area contributed by atoms with Crippen LogP contribution in [0.25, 0.3) is 22.4 Å². The lowest BCUT2D eigenvalue weighted by Crippen LogP contribution is -2.52.